The smallest absolute Gasteiger partial charge is 0.0734 e. The van der Waals surface area contributed by atoms with E-state index in [0.29, 0.717) is 5.71 Å². The standard InChI is InChI=1S/C7H16N2O/c1-5-8-7(3,4)6(2)9-10/h8,10H,5H2,1-4H3. The van der Waals surface area contributed by atoms with Gasteiger partial charge in [-0.25, -0.2) is 0 Å². The van der Waals surface area contributed by atoms with Crippen molar-refractivity contribution in [3.05, 3.63) is 0 Å². The van der Waals surface area contributed by atoms with E-state index in [4.69, 9.17) is 5.21 Å². The molecular weight excluding hydrogens is 128 g/mol. The van der Waals surface area contributed by atoms with Crippen LogP contribution in [0.15, 0.2) is 5.16 Å². The first-order valence-corrected chi connectivity index (χ1v) is 3.48. The van der Waals surface area contributed by atoms with E-state index in [0.717, 1.165) is 6.54 Å². The van der Waals surface area contributed by atoms with E-state index in [1.165, 1.54) is 0 Å². The summed E-state index contributed by atoms with van der Waals surface area (Å²) in [6, 6.07) is 0. The molecule has 2 N–H and O–H groups in total. The number of hydrogen-bond acceptors (Lipinski definition) is 3. The van der Waals surface area contributed by atoms with Crippen LogP contribution in [0.2, 0.25) is 0 Å². The van der Waals surface area contributed by atoms with E-state index in [2.05, 4.69) is 10.5 Å². The van der Waals surface area contributed by atoms with Gasteiger partial charge < -0.3 is 10.5 Å². The van der Waals surface area contributed by atoms with Gasteiger partial charge in [-0.1, -0.05) is 12.1 Å². The SMILES string of the molecule is CCNC(C)(C)C(C)=NO. The minimum atomic E-state index is -0.191. The third-order valence-electron chi connectivity index (χ3n) is 1.67. The highest BCUT2D eigenvalue weighted by atomic mass is 16.4. The Balaban J connectivity index is 4.10. The maximum Gasteiger partial charge on any atom is 0.0734 e. The fourth-order valence-electron chi connectivity index (χ4n) is 0.695. The van der Waals surface area contributed by atoms with Crippen LogP contribution in [0.1, 0.15) is 27.7 Å². The quantitative estimate of drug-likeness (QED) is 0.355. The summed E-state index contributed by atoms with van der Waals surface area (Å²) >= 11 is 0. The number of rotatable bonds is 3. The zero-order valence-electron chi connectivity index (χ0n) is 7.10. The zero-order chi connectivity index (χ0) is 8.20. The molecule has 0 amide bonds. The van der Waals surface area contributed by atoms with E-state index < -0.39 is 0 Å². The Kier molecular flexibility index (Phi) is 3.36. The van der Waals surface area contributed by atoms with Crippen molar-refractivity contribution in [1.82, 2.24) is 5.32 Å². The molecule has 0 fully saturated rings. The lowest BCUT2D eigenvalue weighted by molar-refractivity contribution is 0.311. The fraction of sp³-hybridized carbons (Fsp3) is 0.857. The van der Waals surface area contributed by atoms with Gasteiger partial charge in [-0.3, -0.25) is 0 Å². The Labute approximate surface area is 62.1 Å². The van der Waals surface area contributed by atoms with E-state index in [1.807, 2.05) is 20.8 Å². The van der Waals surface area contributed by atoms with Gasteiger partial charge in [0.1, 0.15) is 0 Å². The van der Waals surface area contributed by atoms with Crippen molar-refractivity contribution in [3.8, 4) is 0 Å². The highest BCUT2D eigenvalue weighted by molar-refractivity contribution is 5.90. The maximum absolute atomic E-state index is 8.44. The van der Waals surface area contributed by atoms with Gasteiger partial charge in [-0.2, -0.15) is 0 Å². The Bertz CT molecular complexity index is 130. The van der Waals surface area contributed by atoms with Crippen molar-refractivity contribution in [3.63, 3.8) is 0 Å². The van der Waals surface area contributed by atoms with Crippen LogP contribution in [0.5, 0.6) is 0 Å². The largest absolute Gasteiger partial charge is 0.411 e. The normalized spacial score (nSPS) is 13.8. The maximum atomic E-state index is 8.44. The molecule has 0 atom stereocenters. The fourth-order valence-corrected chi connectivity index (χ4v) is 0.695. The molecule has 0 rings (SSSR count). The molecule has 60 valence electrons. The minimum absolute atomic E-state index is 0.191. The summed E-state index contributed by atoms with van der Waals surface area (Å²) in [5.41, 5.74) is 0.512. The van der Waals surface area contributed by atoms with E-state index in [9.17, 15) is 0 Å². The first-order chi connectivity index (χ1) is 4.54. The Morgan fingerprint density at radius 3 is 2.40 bits per heavy atom. The molecule has 0 aliphatic rings. The van der Waals surface area contributed by atoms with Crippen LogP contribution in [0.3, 0.4) is 0 Å². The highest BCUT2D eigenvalue weighted by Crippen LogP contribution is 2.03. The summed E-state index contributed by atoms with van der Waals surface area (Å²) in [6.07, 6.45) is 0. The number of nitrogens with one attached hydrogen (secondary N) is 1. The minimum Gasteiger partial charge on any atom is -0.411 e. The molecule has 0 saturated carbocycles. The second kappa shape index (κ2) is 3.56. The summed E-state index contributed by atoms with van der Waals surface area (Å²) in [6.45, 7) is 8.64. The van der Waals surface area contributed by atoms with E-state index in [1.54, 1.807) is 6.92 Å². The van der Waals surface area contributed by atoms with Crippen molar-refractivity contribution in [1.29, 1.82) is 0 Å². The molecule has 0 bridgehead atoms. The van der Waals surface area contributed by atoms with Gasteiger partial charge >= 0.3 is 0 Å². The molecule has 10 heavy (non-hydrogen) atoms. The van der Waals surface area contributed by atoms with Crippen molar-refractivity contribution in [2.24, 2.45) is 5.16 Å². The summed E-state index contributed by atoms with van der Waals surface area (Å²) < 4.78 is 0. The molecule has 0 aliphatic carbocycles. The van der Waals surface area contributed by atoms with Crippen LogP contribution in [0.4, 0.5) is 0 Å². The van der Waals surface area contributed by atoms with Crippen LogP contribution in [-0.4, -0.2) is 23.0 Å². The van der Waals surface area contributed by atoms with Gasteiger partial charge in [0.15, 0.2) is 0 Å². The molecule has 0 unspecified atom stereocenters. The lowest BCUT2D eigenvalue weighted by Gasteiger charge is -2.24. The molecule has 3 heteroatoms. The van der Waals surface area contributed by atoms with Crippen LogP contribution in [0.25, 0.3) is 0 Å². The third kappa shape index (κ3) is 2.35. The topological polar surface area (TPSA) is 44.6 Å². The van der Waals surface area contributed by atoms with Crippen LogP contribution in [0, 0.1) is 0 Å². The van der Waals surface area contributed by atoms with Gasteiger partial charge in [0.25, 0.3) is 0 Å². The lowest BCUT2D eigenvalue weighted by Crippen LogP contribution is -2.45. The Hall–Kier alpha value is -0.570. The van der Waals surface area contributed by atoms with Crippen LogP contribution < -0.4 is 5.32 Å². The molecule has 0 spiro atoms. The molecule has 3 nitrogen and oxygen atoms in total. The molecule has 0 radical (unpaired) electrons. The van der Waals surface area contributed by atoms with Gasteiger partial charge in [-0.05, 0) is 27.3 Å². The molecule has 0 heterocycles. The third-order valence-corrected chi connectivity index (χ3v) is 1.67. The van der Waals surface area contributed by atoms with Gasteiger partial charge in [0, 0.05) is 0 Å². The first kappa shape index (κ1) is 9.43. The summed E-state index contributed by atoms with van der Waals surface area (Å²) in [5, 5.41) is 14.8. The molecule has 0 aromatic carbocycles. The van der Waals surface area contributed by atoms with Crippen molar-refractivity contribution >= 4 is 5.71 Å². The average Bonchev–Trinajstić information content (AvgIpc) is 1.86. The molecular formula is C7H16N2O. The zero-order valence-corrected chi connectivity index (χ0v) is 7.10. The predicted molar refractivity (Wildman–Crippen MR) is 42.7 cm³/mol. The first-order valence-electron chi connectivity index (χ1n) is 3.48. The summed E-state index contributed by atoms with van der Waals surface area (Å²) in [5.74, 6) is 0. The number of hydrogen-bond donors (Lipinski definition) is 2. The number of nitrogens with zero attached hydrogens (tertiary/aromatic N) is 1. The molecule has 0 aromatic heterocycles. The van der Waals surface area contributed by atoms with Crippen LogP contribution >= 0.6 is 0 Å². The monoisotopic (exact) mass is 144 g/mol. The Morgan fingerprint density at radius 1 is 1.60 bits per heavy atom. The van der Waals surface area contributed by atoms with Crippen LogP contribution in [-0.2, 0) is 0 Å². The van der Waals surface area contributed by atoms with E-state index >= 15 is 0 Å². The van der Waals surface area contributed by atoms with Gasteiger partial charge in [-0.15, -0.1) is 0 Å². The van der Waals surface area contributed by atoms with Gasteiger partial charge in [0.2, 0.25) is 0 Å². The summed E-state index contributed by atoms with van der Waals surface area (Å²) in [4.78, 5) is 0. The predicted octanol–water partition coefficient (Wildman–Crippen LogP) is 1.22. The van der Waals surface area contributed by atoms with Crippen molar-refractivity contribution in [2.75, 3.05) is 6.54 Å². The second-order valence-electron chi connectivity index (χ2n) is 2.84. The highest BCUT2D eigenvalue weighted by Gasteiger charge is 2.19. The van der Waals surface area contributed by atoms with Crippen molar-refractivity contribution < 1.29 is 5.21 Å². The second-order valence-corrected chi connectivity index (χ2v) is 2.84. The molecule has 0 aliphatic heterocycles. The summed E-state index contributed by atoms with van der Waals surface area (Å²) in [7, 11) is 0. The Morgan fingerprint density at radius 2 is 2.10 bits per heavy atom. The number of oxime groups is 1. The lowest BCUT2D eigenvalue weighted by atomic mass is 10.00. The molecule has 0 saturated heterocycles. The van der Waals surface area contributed by atoms with Crippen molar-refractivity contribution in [2.45, 2.75) is 33.2 Å². The van der Waals surface area contributed by atoms with E-state index in [-0.39, 0.29) is 5.54 Å². The average molecular weight is 144 g/mol. The molecule has 0 aromatic rings. The van der Waals surface area contributed by atoms with Gasteiger partial charge in [0.05, 0.1) is 11.3 Å².